The molecule has 2 aromatic carbocycles. The zero-order valence-corrected chi connectivity index (χ0v) is 20.9. The maximum absolute atomic E-state index is 13.1. The van der Waals surface area contributed by atoms with Crippen molar-refractivity contribution in [3.63, 3.8) is 0 Å². The molecule has 0 radical (unpaired) electrons. The number of amides is 1. The summed E-state index contributed by atoms with van der Waals surface area (Å²) in [5.74, 6) is 0.803. The van der Waals surface area contributed by atoms with Crippen molar-refractivity contribution in [2.75, 3.05) is 12.0 Å². The molecule has 34 heavy (non-hydrogen) atoms. The summed E-state index contributed by atoms with van der Waals surface area (Å²) in [6, 6.07) is 16.2. The molecule has 0 unspecified atom stereocenters. The van der Waals surface area contributed by atoms with E-state index in [1.165, 1.54) is 0 Å². The van der Waals surface area contributed by atoms with E-state index in [2.05, 4.69) is 5.32 Å². The Labute approximate surface area is 218 Å². The number of benzene rings is 2. The van der Waals surface area contributed by atoms with E-state index in [0.717, 1.165) is 33.8 Å². The zero-order chi connectivity index (χ0) is 23.8. The fourth-order valence-corrected chi connectivity index (χ4v) is 4.01. The van der Waals surface area contributed by atoms with Crippen LogP contribution in [-0.2, 0) is 22.7 Å². The Hall–Kier alpha value is -2.43. The Balaban J connectivity index is 0.00000306. The number of aliphatic carboxylic acids is 1. The monoisotopic (exact) mass is 475 g/mol. The number of carbonyl (C=O) groups is 2. The molecule has 0 saturated heterocycles. The molecule has 1 heterocycles. The van der Waals surface area contributed by atoms with Gasteiger partial charge in [-0.3, -0.25) is 4.79 Å². The van der Waals surface area contributed by atoms with Gasteiger partial charge in [0.25, 0.3) is 5.91 Å². The van der Waals surface area contributed by atoms with E-state index in [0.29, 0.717) is 31.0 Å². The van der Waals surface area contributed by atoms with Crippen LogP contribution in [0, 0.1) is 13.8 Å². The van der Waals surface area contributed by atoms with Gasteiger partial charge in [-0.1, -0.05) is 30.3 Å². The van der Waals surface area contributed by atoms with E-state index in [4.69, 9.17) is 9.15 Å². The first kappa shape index (κ1) is 27.8. The summed E-state index contributed by atoms with van der Waals surface area (Å²) in [4.78, 5) is 24.7. The molecule has 0 bridgehead atoms. The number of hydrogen-bond donors (Lipinski definition) is 2. The van der Waals surface area contributed by atoms with Gasteiger partial charge in [0.1, 0.15) is 24.2 Å². The van der Waals surface area contributed by atoms with Crippen LogP contribution in [0.2, 0.25) is 0 Å². The van der Waals surface area contributed by atoms with Crippen molar-refractivity contribution < 1.29 is 44.1 Å². The Morgan fingerprint density at radius 3 is 2.50 bits per heavy atom. The van der Waals surface area contributed by atoms with Gasteiger partial charge in [0.2, 0.25) is 0 Å². The standard InChI is InChI=1S/C26H29NO5S.Li.H/c1-17-6-4-5-7-21(17)23-14-19(15-31-16-20-10-8-18(2)32-20)9-11-22(23)25(28)27-24(26(29)30)12-13-33-3;;/h4-11,14,24H,12-13,15-16H2,1-3H3,(H,27,28)(H,29,30);;/q;+1;-1/t24-;;/m0../s1. The van der Waals surface area contributed by atoms with Crippen LogP contribution in [0.4, 0.5) is 0 Å². The average Bonchev–Trinajstić information content (AvgIpc) is 3.21. The minimum absolute atomic E-state index is 0. The minimum atomic E-state index is -1.03. The number of hydrogen-bond acceptors (Lipinski definition) is 5. The fraction of sp³-hybridized carbons (Fsp3) is 0.308. The topological polar surface area (TPSA) is 88.8 Å². The van der Waals surface area contributed by atoms with E-state index < -0.39 is 17.9 Å². The predicted octanol–water partition coefficient (Wildman–Crippen LogP) is 2.33. The number of furan rings is 1. The maximum Gasteiger partial charge on any atom is 1.00 e. The van der Waals surface area contributed by atoms with E-state index in [1.807, 2.05) is 68.6 Å². The molecular weight excluding hydrogens is 445 g/mol. The van der Waals surface area contributed by atoms with Crippen molar-refractivity contribution in [1.29, 1.82) is 0 Å². The van der Waals surface area contributed by atoms with Crippen LogP contribution in [-0.4, -0.2) is 35.0 Å². The van der Waals surface area contributed by atoms with Crippen molar-refractivity contribution in [2.45, 2.75) is 39.5 Å². The summed E-state index contributed by atoms with van der Waals surface area (Å²) in [6.45, 7) is 4.58. The molecule has 0 aliphatic heterocycles. The van der Waals surface area contributed by atoms with Crippen LogP contribution < -0.4 is 24.2 Å². The first-order chi connectivity index (χ1) is 15.9. The molecule has 8 heteroatoms. The number of carbonyl (C=O) groups excluding carboxylic acids is 1. The van der Waals surface area contributed by atoms with Gasteiger partial charge in [-0.05, 0) is 78.8 Å². The molecular formula is C26H30LiNO5S. The number of nitrogens with one attached hydrogen (secondary N) is 1. The third-order valence-electron chi connectivity index (χ3n) is 5.29. The van der Waals surface area contributed by atoms with E-state index in [-0.39, 0.29) is 20.3 Å². The predicted molar refractivity (Wildman–Crippen MR) is 132 cm³/mol. The van der Waals surface area contributed by atoms with Crippen molar-refractivity contribution in [2.24, 2.45) is 0 Å². The van der Waals surface area contributed by atoms with Crippen LogP contribution in [0.15, 0.2) is 59.0 Å². The van der Waals surface area contributed by atoms with Crippen molar-refractivity contribution in [3.8, 4) is 11.1 Å². The minimum Gasteiger partial charge on any atom is -1.00 e. The number of thioether (sulfide) groups is 1. The number of carboxylic acid groups (broad SMARTS) is 1. The molecule has 0 fully saturated rings. The molecule has 0 aliphatic rings. The quantitative estimate of drug-likeness (QED) is 0.414. The Morgan fingerprint density at radius 2 is 1.85 bits per heavy atom. The first-order valence-corrected chi connectivity index (χ1v) is 12.1. The molecule has 3 rings (SSSR count). The second-order valence-electron chi connectivity index (χ2n) is 7.85. The average molecular weight is 476 g/mol. The van der Waals surface area contributed by atoms with Crippen molar-refractivity contribution in [1.82, 2.24) is 5.32 Å². The zero-order valence-electron chi connectivity index (χ0n) is 21.1. The van der Waals surface area contributed by atoms with Crippen molar-refractivity contribution >= 4 is 23.6 Å². The second-order valence-corrected chi connectivity index (χ2v) is 8.83. The molecule has 1 atom stereocenters. The van der Waals surface area contributed by atoms with Crippen molar-refractivity contribution in [3.05, 3.63) is 82.8 Å². The van der Waals surface area contributed by atoms with Gasteiger partial charge in [0.15, 0.2) is 0 Å². The normalized spacial score (nSPS) is 11.5. The Morgan fingerprint density at radius 1 is 1.09 bits per heavy atom. The third kappa shape index (κ3) is 7.54. The summed E-state index contributed by atoms with van der Waals surface area (Å²) in [6.07, 6.45) is 2.27. The molecule has 0 saturated carbocycles. The molecule has 2 N–H and O–H groups in total. The Kier molecular flexibility index (Phi) is 11.0. The van der Waals surface area contributed by atoms with Crippen LogP contribution in [0.25, 0.3) is 11.1 Å². The molecule has 1 amide bonds. The molecule has 3 aromatic rings. The largest absolute Gasteiger partial charge is 1.00 e. The van der Waals surface area contributed by atoms with Gasteiger partial charge in [-0.2, -0.15) is 11.8 Å². The maximum atomic E-state index is 13.1. The van der Waals surface area contributed by atoms with E-state index in [1.54, 1.807) is 17.8 Å². The van der Waals surface area contributed by atoms with Gasteiger partial charge in [-0.15, -0.1) is 0 Å². The summed E-state index contributed by atoms with van der Waals surface area (Å²) in [7, 11) is 0. The number of aryl methyl sites for hydroxylation is 2. The van der Waals surface area contributed by atoms with Gasteiger partial charge >= 0.3 is 24.8 Å². The second kappa shape index (κ2) is 13.5. The summed E-state index contributed by atoms with van der Waals surface area (Å²) >= 11 is 1.55. The van der Waals surface area contributed by atoms with Crippen LogP contribution in [0.3, 0.4) is 0 Å². The fourth-order valence-electron chi connectivity index (χ4n) is 3.54. The molecule has 1 aromatic heterocycles. The molecule has 0 spiro atoms. The molecule has 6 nitrogen and oxygen atoms in total. The SMILES string of the molecule is CSCC[C@H](NC(=O)c1ccc(COCc2ccc(C)o2)cc1-c1ccccc1C)C(=O)O.[H-].[Li+]. The van der Waals surface area contributed by atoms with Gasteiger partial charge < -0.3 is 21.0 Å². The smallest absolute Gasteiger partial charge is 1.00 e. The van der Waals surface area contributed by atoms with Crippen LogP contribution in [0.1, 0.15) is 40.9 Å². The number of carboxylic acids is 1. The number of ether oxygens (including phenoxy) is 1. The van der Waals surface area contributed by atoms with Crippen LogP contribution in [0.5, 0.6) is 0 Å². The van der Waals surface area contributed by atoms with Crippen LogP contribution >= 0.6 is 11.8 Å². The molecule has 176 valence electrons. The summed E-state index contributed by atoms with van der Waals surface area (Å²) < 4.78 is 11.3. The van der Waals surface area contributed by atoms with Gasteiger partial charge in [0.05, 0.1) is 6.61 Å². The molecule has 0 aliphatic carbocycles. The van der Waals surface area contributed by atoms with Gasteiger partial charge in [-0.25, -0.2) is 4.79 Å². The Bertz CT molecular complexity index is 1120. The van der Waals surface area contributed by atoms with E-state index >= 15 is 0 Å². The first-order valence-electron chi connectivity index (χ1n) is 10.7. The number of rotatable bonds is 11. The summed E-state index contributed by atoms with van der Waals surface area (Å²) in [5.41, 5.74) is 4.03. The van der Waals surface area contributed by atoms with E-state index in [9.17, 15) is 14.7 Å². The third-order valence-corrected chi connectivity index (χ3v) is 5.93. The summed E-state index contributed by atoms with van der Waals surface area (Å²) in [5, 5.41) is 12.2. The van der Waals surface area contributed by atoms with Gasteiger partial charge in [0, 0.05) is 5.56 Å².